The molecule has 3 aromatic carbocycles. The largest absolute Gasteiger partial charge is 0.497 e. The number of carbonyl (C=O) groups is 2. The molecule has 4 aromatic rings. The van der Waals surface area contributed by atoms with Gasteiger partial charge in [0.2, 0.25) is 5.76 Å². The van der Waals surface area contributed by atoms with Crippen LogP contribution in [0, 0.1) is 5.82 Å². The zero-order valence-corrected chi connectivity index (χ0v) is 15.9. The van der Waals surface area contributed by atoms with E-state index in [4.69, 9.17) is 9.15 Å². The van der Waals surface area contributed by atoms with E-state index in [1.54, 1.807) is 54.6 Å². The van der Waals surface area contributed by atoms with Gasteiger partial charge in [0.25, 0.3) is 11.8 Å². The number of halogens is 1. The van der Waals surface area contributed by atoms with E-state index in [9.17, 15) is 14.0 Å². The highest BCUT2D eigenvalue weighted by Gasteiger charge is 2.23. The number of furan rings is 1. The molecule has 4 rings (SSSR count). The van der Waals surface area contributed by atoms with Gasteiger partial charge in [0.05, 0.1) is 7.11 Å². The third-order valence-electron chi connectivity index (χ3n) is 4.45. The topological polar surface area (TPSA) is 80.6 Å². The Labute approximate surface area is 171 Å². The molecule has 0 radical (unpaired) electrons. The van der Waals surface area contributed by atoms with Crippen molar-refractivity contribution in [2.24, 2.45) is 0 Å². The van der Waals surface area contributed by atoms with Gasteiger partial charge >= 0.3 is 0 Å². The Kier molecular flexibility index (Phi) is 5.17. The summed E-state index contributed by atoms with van der Waals surface area (Å²) in [6, 6.07) is 19.1. The molecule has 0 bridgehead atoms. The first-order valence-electron chi connectivity index (χ1n) is 9.09. The minimum Gasteiger partial charge on any atom is -0.497 e. The van der Waals surface area contributed by atoms with Crippen LogP contribution in [0.5, 0.6) is 5.75 Å². The van der Waals surface area contributed by atoms with Crippen molar-refractivity contribution in [1.82, 2.24) is 0 Å². The van der Waals surface area contributed by atoms with E-state index in [0.717, 1.165) is 0 Å². The summed E-state index contributed by atoms with van der Waals surface area (Å²) in [7, 11) is 1.51. The molecule has 2 amide bonds. The predicted molar refractivity (Wildman–Crippen MR) is 112 cm³/mol. The molecule has 0 atom stereocenters. The van der Waals surface area contributed by atoms with Crippen LogP contribution < -0.4 is 15.4 Å². The quantitative estimate of drug-likeness (QED) is 0.486. The highest BCUT2D eigenvalue weighted by atomic mass is 19.1. The number of para-hydroxylation sites is 1. The predicted octanol–water partition coefficient (Wildman–Crippen LogP) is 5.09. The lowest BCUT2D eigenvalue weighted by atomic mass is 10.1. The molecule has 0 saturated heterocycles. The Bertz CT molecular complexity index is 1250. The second kappa shape index (κ2) is 8.08. The SMILES string of the molecule is COc1cccc(C(=O)Nc2c(C(=O)Nc3cccc(F)c3)oc3ccccc23)c1. The average Bonchev–Trinajstić information content (AvgIpc) is 3.12. The minimum atomic E-state index is -0.613. The lowest BCUT2D eigenvalue weighted by Gasteiger charge is -2.08. The molecule has 0 aliphatic rings. The first-order valence-corrected chi connectivity index (χ1v) is 9.09. The molecular formula is C23H17FN2O4. The van der Waals surface area contributed by atoms with Crippen LogP contribution in [-0.4, -0.2) is 18.9 Å². The van der Waals surface area contributed by atoms with Gasteiger partial charge in [0, 0.05) is 16.6 Å². The molecule has 0 aliphatic heterocycles. The number of amides is 2. The van der Waals surface area contributed by atoms with Crippen molar-refractivity contribution in [3.05, 3.63) is 89.9 Å². The molecule has 0 saturated carbocycles. The Morgan fingerprint density at radius 3 is 2.50 bits per heavy atom. The fourth-order valence-corrected chi connectivity index (χ4v) is 3.03. The van der Waals surface area contributed by atoms with Crippen molar-refractivity contribution in [2.45, 2.75) is 0 Å². The van der Waals surface area contributed by atoms with Gasteiger partial charge in [-0.2, -0.15) is 0 Å². The molecular weight excluding hydrogens is 387 g/mol. The molecule has 0 aliphatic carbocycles. The lowest BCUT2D eigenvalue weighted by molar-refractivity contribution is 0.0999. The fraction of sp³-hybridized carbons (Fsp3) is 0.0435. The van der Waals surface area contributed by atoms with Gasteiger partial charge < -0.3 is 19.8 Å². The molecule has 0 spiro atoms. The summed E-state index contributed by atoms with van der Waals surface area (Å²) in [5.74, 6) is -1.08. The highest BCUT2D eigenvalue weighted by molar-refractivity contribution is 6.16. The Balaban J connectivity index is 1.69. The van der Waals surface area contributed by atoms with Crippen molar-refractivity contribution < 1.29 is 23.1 Å². The number of fused-ring (bicyclic) bond motifs is 1. The second-order valence-electron chi connectivity index (χ2n) is 6.45. The first kappa shape index (κ1) is 19.2. The number of anilines is 2. The van der Waals surface area contributed by atoms with Gasteiger partial charge in [-0.3, -0.25) is 9.59 Å². The highest BCUT2D eigenvalue weighted by Crippen LogP contribution is 2.32. The lowest BCUT2D eigenvalue weighted by Crippen LogP contribution is -2.17. The number of benzene rings is 3. The molecule has 2 N–H and O–H groups in total. The van der Waals surface area contributed by atoms with E-state index in [1.807, 2.05) is 0 Å². The first-order chi connectivity index (χ1) is 14.5. The maximum atomic E-state index is 13.4. The molecule has 1 heterocycles. The number of rotatable bonds is 5. The van der Waals surface area contributed by atoms with E-state index in [2.05, 4.69) is 10.6 Å². The number of nitrogens with one attached hydrogen (secondary N) is 2. The average molecular weight is 404 g/mol. The van der Waals surface area contributed by atoms with Crippen LogP contribution in [0.4, 0.5) is 15.8 Å². The van der Waals surface area contributed by atoms with Crippen molar-refractivity contribution in [1.29, 1.82) is 0 Å². The van der Waals surface area contributed by atoms with E-state index in [0.29, 0.717) is 22.3 Å². The van der Waals surface area contributed by atoms with Crippen molar-refractivity contribution >= 4 is 34.2 Å². The number of hydrogen-bond donors (Lipinski definition) is 2. The Hall–Kier alpha value is -4.13. The number of methoxy groups -OCH3 is 1. The monoisotopic (exact) mass is 404 g/mol. The summed E-state index contributed by atoms with van der Waals surface area (Å²) in [6.07, 6.45) is 0. The molecule has 0 fully saturated rings. The van der Waals surface area contributed by atoms with E-state index in [-0.39, 0.29) is 17.1 Å². The van der Waals surface area contributed by atoms with Gasteiger partial charge in [-0.1, -0.05) is 24.3 Å². The fourth-order valence-electron chi connectivity index (χ4n) is 3.03. The van der Waals surface area contributed by atoms with Gasteiger partial charge in [-0.05, 0) is 48.5 Å². The summed E-state index contributed by atoms with van der Waals surface area (Å²) in [6.45, 7) is 0. The zero-order valence-electron chi connectivity index (χ0n) is 15.9. The van der Waals surface area contributed by atoms with Crippen LogP contribution in [-0.2, 0) is 0 Å². The smallest absolute Gasteiger partial charge is 0.293 e. The maximum absolute atomic E-state index is 13.4. The molecule has 7 heteroatoms. The van der Waals surface area contributed by atoms with Crippen molar-refractivity contribution in [2.75, 3.05) is 17.7 Å². The number of hydrogen-bond acceptors (Lipinski definition) is 4. The molecule has 1 aromatic heterocycles. The molecule has 0 unspecified atom stereocenters. The number of ether oxygens (including phenoxy) is 1. The Morgan fingerprint density at radius 1 is 0.900 bits per heavy atom. The van der Waals surface area contributed by atoms with Crippen LogP contribution in [0.1, 0.15) is 20.9 Å². The normalized spacial score (nSPS) is 10.6. The van der Waals surface area contributed by atoms with Crippen LogP contribution in [0.2, 0.25) is 0 Å². The van der Waals surface area contributed by atoms with Crippen LogP contribution >= 0.6 is 0 Å². The van der Waals surface area contributed by atoms with Crippen LogP contribution in [0.15, 0.2) is 77.2 Å². The Morgan fingerprint density at radius 2 is 1.70 bits per heavy atom. The summed E-state index contributed by atoms with van der Waals surface area (Å²) in [4.78, 5) is 25.6. The van der Waals surface area contributed by atoms with E-state index in [1.165, 1.54) is 25.3 Å². The maximum Gasteiger partial charge on any atom is 0.293 e. The van der Waals surface area contributed by atoms with E-state index < -0.39 is 17.6 Å². The summed E-state index contributed by atoms with van der Waals surface area (Å²) < 4.78 is 24.3. The minimum absolute atomic E-state index is 0.0864. The number of carbonyl (C=O) groups excluding carboxylic acids is 2. The standard InChI is InChI=1S/C23H17FN2O4/c1-29-17-9-4-6-14(12-17)22(27)26-20-18-10-2-3-11-19(18)30-21(20)23(28)25-16-8-5-7-15(24)13-16/h2-13H,1H3,(H,25,28)(H,26,27). The summed E-state index contributed by atoms with van der Waals surface area (Å²) in [5, 5.41) is 5.91. The van der Waals surface area contributed by atoms with Gasteiger partial charge in [-0.25, -0.2) is 4.39 Å². The zero-order chi connectivity index (χ0) is 21.1. The van der Waals surface area contributed by atoms with Crippen molar-refractivity contribution in [3.63, 3.8) is 0 Å². The third-order valence-corrected chi connectivity index (χ3v) is 4.45. The van der Waals surface area contributed by atoms with E-state index >= 15 is 0 Å². The van der Waals surface area contributed by atoms with Gasteiger partial charge in [-0.15, -0.1) is 0 Å². The van der Waals surface area contributed by atoms with Gasteiger partial charge in [0.1, 0.15) is 22.8 Å². The summed E-state index contributed by atoms with van der Waals surface area (Å²) in [5.41, 5.74) is 1.29. The molecule has 6 nitrogen and oxygen atoms in total. The second-order valence-corrected chi connectivity index (χ2v) is 6.45. The molecule has 150 valence electrons. The third kappa shape index (κ3) is 3.86. The van der Waals surface area contributed by atoms with Gasteiger partial charge in [0.15, 0.2) is 0 Å². The van der Waals surface area contributed by atoms with Crippen LogP contribution in [0.25, 0.3) is 11.0 Å². The van der Waals surface area contributed by atoms with Crippen LogP contribution in [0.3, 0.4) is 0 Å². The summed E-state index contributed by atoms with van der Waals surface area (Å²) >= 11 is 0. The van der Waals surface area contributed by atoms with Crippen molar-refractivity contribution in [3.8, 4) is 5.75 Å². The molecule has 30 heavy (non-hydrogen) atoms.